The van der Waals surface area contributed by atoms with Gasteiger partial charge >= 0.3 is 42.7 Å². The molecule has 0 amide bonds. The van der Waals surface area contributed by atoms with Crippen LogP contribution in [0.1, 0.15) is 52.8 Å². The predicted molar refractivity (Wildman–Crippen MR) is 284 cm³/mol. The molecule has 12 rings (SSSR count). The van der Waals surface area contributed by atoms with E-state index in [2.05, 4.69) is 0 Å². The second-order valence-electron chi connectivity index (χ2n) is 17.9. The van der Waals surface area contributed by atoms with Gasteiger partial charge in [0.05, 0.1) is 50.5 Å². The molecule has 0 aliphatic carbocycles. The molecule has 18 N–H and O–H groups in total. The van der Waals surface area contributed by atoms with Crippen molar-refractivity contribution in [2.75, 3.05) is 42.4 Å². The zero-order chi connectivity index (χ0) is 52.7. The lowest BCUT2D eigenvalue weighted by atomic mass is 9.73. The summed E-state index contributed by atoms with van der Waals surface area (Å²) in [6, 6.07) is 29.0. The van der Waals surface area contributed by atoms with Gasteiger partial charge in [0.1, 0.15) is 11.6 Å². The predicted octanol–water partition coefficient (Wildman–Crippen LogP) is -2.28. The molecule has 0 saturated carbocycles. The highest BCUT2D eigenvalue weighted by Crippen LogP contribution is 2.30. The monoisotopic (exact) mass is 998 g/mol. The summed E-state index contributed by atoms with van der Waals surface area (Å²) >= 11 is 0. The van der Waals surface area contributed by atoms with E-state index in [0.717, 1.165) is 61.7 Å². The lowest BCUT2D eigenvalue weighted by molar-refractivity contribution is 0.101. The molecule has 73 heavy (non-hydrogen) atoms. The summed E-state index contributed by atoms with van der Waals surface area (Å²) in [5.74, 6) is -0.0556. The maximum absolute atomic E-state index is 13.2. The molecule has 0 saturated heterocycles. The molecule has 0 aromatic heterocycles. The number of nitrogens with two attached hydrogens (primary N) is 6. The fraction of sp³-hybridized carbons (Fsp3) is 0.234. The van der Waals surface area contributed by atoms with Crippen LogP contribution in [0.5, 0.6) is 5.75 Å². The molecular formula is C47H57B6FN6O13. The first kappa shape index (κ1) is 54.7. The quantitative estimate of drug-likeness (QED) is 0.0642. The third kappa shape index (κ3) is 12.8. The zero-order valence-corrected chi connectivity index (χ0v) is 40.5. The summed E-state index contributed by atoms with van der Waals surface area (Å²) in [6.45, 7) is 6.58. The Morgan fingerprint density at radius 3 is 1.58 bits per heavy atom. The van der Waals surface area contributed by atoms with E-state index in [9.17, 15) is 29.5 Å². The molecule has 0 radical (unpaired) electrons. The Kier molecular flexibility index (Phi) is 17.9. The maximum Gasteiger partial charge on any atom is 0.495 e. The molecule has 378 valence electrons. The number of methoxy groups -OCH3 is 1. The number of fused-ring (bicyclic) bond motifs is 6. The Hall–Kier alpha value is -6.08. The van der Waals surface area contributed by atoms with Crippen molar-refractivity contribution in [2.45, 2.75) is 58.8 Å². The number of rotatable bonds is 2. The van der Waals surface area contributed by atoms with Gasteiger partial charge in [0.25, 0.3) is 0 Å². The summed E-state index contributed by atoms with van der Waals surface area (Å²) in [7, 11) is -3.72. The van der Waals surface area contributed by atoms with Crippen LogP contribution < -0.4 is 71.9 Å². The molecule has 0 fully saturated rings. The number of hydrogen-bond acceptors (Lipinski definition) is 19. The highest BCUT2D eigenvalue weighted by Gasteiger charge is 2.40. The molecule has 6 aliphatic rings. The molecule has 0 bridgehead atoms. The van der Waals surface area contributed by atoms with E-state index in [-0.39, 0.29) is 17.8 Å². The number of ether oxygens (including phenoxy) is 1. The van der Waals surface area contributed by atoms with Crippen LogP contribution in [0.4, 0.5) is 32.8 Å². The molecule has 6 aromatic carbocycles. The van der Waals surface area contributed by atoms with E-state index in [1.165, 1.54) is 13.2 Å². The summed E-state index contributed by atoms with van der Waals surface area (Å²) < 4.78 is 48.6. The van der Waals surface area contributed by atoms with Crippen LogP contribution in [0.15, 0.2) is 97.1 Å². The average Bonchev–Trinajstić information content (AvgIpc) is 4.19. The topological polar surface area (TPSA) is 342 Å². The van der Waals surface area contributed by atoms with E-state index in [0.29, 0.717) is 72.5 Å². The number of nitrogen functional groups attached to an aromatic ring is 5. The largest absolute Gasteiger partial charge is 0.495 e. The fourth-order valence-corrected chi connectivity index (χ4v) is 8.63. The maximum atomic E-state index is 13.2. The highest BCUT2D eigenvalue weighted by molar-refractivity contribution is 6.64. The van der Waals surface area contributed by atoms with Gasteiger partial charge in [-0.1, -0.05) is 48.5 Å². The zero-order valence-electron chi connectivity index (χ0n) is 40.5. The molecule has 19 nitrogen and oxygen atoms in total. The molecule has 0 atom stereocenters. The van der Waals surface area contributed by atoms with Crippen LogP contribution in [0.2, 0.25) is 0 Å². The lowest BCUT2D eigenvalue weighted by Crippen LogP contribution is -2.41. The van der Waals surface area contributed by atoms with Crippen molar-refractivity contribution in [3.8, 4) is 5.75 Å². The van der Waals surface area contributed by atoms with Crippen LogP contribution in [0, 0.1) is 5.82 Å². The molecule has 0 unspecified atom stereocenters. The van der Waals surface area contributed by atoms with Crippen LogP contribution in [0.25, 0.3) is 0 Å². The Morgan fingerprint density at radius 2 is 0.973 bits per heavy atom. The van der Waals surface area contributed by atoms with Gasteiger partial charge in [-0.25, -0.2) is 4.39 Å². The van der Waals surface area contributed by atoms with Crippen molar-refractivity contribution in [3.05, 3.63) is 142 Å². The summed E-state index contributed by atoms with van der Waals surface area (Å²) in [5.41, 5.74) is 46.2. The highest BCUT2D eigenvalue weighted by atomic mass is 19.1. The van der Waals surface area contributed by atoms with Gasteiger partial charge in [-0.3, -0.25) is 0 Å². The van der Waals surface area contributed by atoms with Gasteiger partial charge in [-0.05, 0) is 130 Å². The summed E-state index contributed by atoms with van der Waals surface area (Å²) in [5, 5.41) is 56.2. The third-order valence-corrected chi connectivity index (χ3v) is 12.5. The minimum atomic E-state index is -1.16. The minimum Gasteiger partial charge on any atom is -0.495 e. The van der Waals surface area contributed by atoms with Gasteiger partial charge in [-0.15, -0.1) is 0 Å². The molecule has 6 heterocycles. The van der Waals surface area contributed by atoms with Crippen LogP contribution >= 0.6 is 0 Å². The van der Waals surface area contributed by atoms with E-state index < -0.39 is 54.1 Å². The number of halogens is 1. The fourth-order valence-electron chi connectivity index (χ4n) is 8.63. The van der Waals surface area contributed by atoms with Crippen LogP contribution in [-0.4, -0.2) is 86.6 Å². The molecule has 6 aliphatic heterocycles. The second kappa shape index (κ2) is 23.9. The van der Waals surface area contributed by atoms with Gasteiger partial charge in [0.15, 0.2) is 0 Å². The number of hydrogen-bond donors (Lipinski definition) is 12. The lowest BCUT2D eigenvalue weighted by Gasteiger charge is -2.19. The van der Waals surface area contributed by atoms with Gasteiger partial charge < -0.3 is 97.2 Å². The van der Waals surface area contributed by atoms with E-state index >= 15 is 0 Å². The molecule has 0 spiro atoms. The van der Waals surface area contributed by atoms with E-state index in [1.54, 1.807) is 36.4 Å². The smallest absolute Gasteiger partial charge is 0.495 e. The second-order valence-corrected chi connectivity index (χ2v) is 17.9. The number of benzene rings is 6. The Bertz CT molecular complexity index is 2920. The van der Waals surface area contributed by atoms with Gasteiger partial charge in [0, 0.05) is 41.1 Å². The number of anilines is 5. The minimum absolute atomic E-state index is 0.0401. The van der Waals surface area contributed by atoms with Gasteiger partial charge in [-0.2, -0.15) is 0 Å². The first-order valence-electron chi connectivity index (χ1n) is 23.1. The van der Waals surface area contributed by atoms with E-state index in [4.69, 9.17) is 72.1 Å². The van der Waals surface area contributed by atoms with Gasteiger partial charge in [0.2, 0.25) is 0 Å². The normalized spacial score (nSPS) is 15.8. The first-order chi connectivity index (χ1) is 34.8. The molecule has 6 aromatic rings. The molecule has 26 heteroatoms. The Labute approximate surface area is 424 Å². The Morgan fingerprint density at radius 1 is 0.521 bits per heavy atom. The van der Waals surface area contributed by atoms with Crippen molar-refractivity contribution in [2.24, 2.45) is 5.73 Å². The van der Waals surface area contributed by atoms with Crippen molar-refractivity contribution < 1.29 is 67.2 Å². The SMILES string of the molecule is CC1(C)OB(O)c2cc(N)ccc21.COc1c(N)ccc2c1B(O)OC2.NCc1ccc2c(c1)B(O)OC2.Nc1ccc2c(c1)B(O)OC2.Nc1ccc2c(c1)B(O)OCC2.Nc1ccc2c(c1F)B(O)OC2. The average molecular weight is 998 g/mol. The van der Waals surface area contributed by atoms with Crippen molar-refractivity contribution in [1.29, 1.82) is 0 Å². The summed E-state index contributed by atoms with van der Waals surface area (Å²) in [4.78, 5) is 0. The van der Waals surface area contributed by atoms with Crippen LogP contribution in [-0.2, 0) is 72.9 Å². The Balaban J connectivity index is 0.000000128. The van der Waals surface area contributed by atoms with Crippen molar-refractivity contribution >= 4 is 104 Å². The molecular weight excluding hydrogens is 940 g/mol. The third-order valence-electron chi connectivity index (χ3n) is 12.5. The van der Waals surface area contributed by atoms with Crippen LogP contribution in [0.3, 0.4) is 0 Å². The van der Waals surface area contributed by atoms with E-state index in [1.807, 2.05) is 68.4 Å². The summed E-state index contributed by atoms with van der Waals surface area (Å²) in [6.07, 6.45) is 0.854. The first-order valence-corrected chi connectivity index (χ1v) is 23.1. The van der Waals surface area contributed by atoms with Crippen molar-refractivity contribution in [3.63, 3.8) is 0 Å². The standard InChI is InChI=1S/C9H12BNO2.C8H10BNO3.2C8H10BNO2.C7H7BFNO2.C7H8BNO2/c1-9(2)7-4-3-6(11)5-8(7)10(12)13-9;1-12-8-6(10)3-2-5-4-13-9(11)7(5)8;10-4-6-1-2-7-5-12-9(11)8(7)3-6;10-7-2-1-6-3-4-12-9(11)8(6)5-7;9-7-5(10)2-1-4-3-12-8(11)6(4)7;9-6-2-1-5-4-11-8(10)7(5)3-6/h3-5,12H,11H2,1-2H3;2-3,11H,4,10H2,1H3;1-3,11H,4-5,10H2;1-2,5,11H,3-4,10H2;1-2,11H,3,10H2;1-3,10H,4,9H2. The van der Waals surface area contributed by atoms with Crippen molar-refractivity contribution in [1.82, 2.24) is 0 Å².